The summed E-state index contributed by atoms with van der Waals surface area (Å²) in [6, 6.07) is 13.3. The van der Waals surface area contributed by atoms with E-state index in [4.69, 9.17) is 16.3 Å². The quantitative estimate of drug-likeness (QED) is 0.336. The average Bonchev–Trinajstić information content (AvgIpc) is 3.19. The molecule has 0 aliphatic heterocycles. The van der Waals surface area contributed by atoms with Gasteiger partial charge in [0.25, 0.3) is 0 Å². The van der Waals surface area contributed by atoms with Crippen molar-refractivity contribution in [3.63, 3.8) is 0 Å². The average molecular weight is 533 g/mol. The number of hydrogen-bond donors (Lipinski definition) is 2. The lowest BCUT2D eigenvalue weighted by Gasteiger charge is -2.33. The Morgan fingerprint density at radius 2 is 1.84 bits per heavy atom. The van der Waals surface area contributed by atoms with E-state index in [1.807, 2.05) is 6.07 Å². The molecule has 0 spiro atoms. The van der Waals surface area contributed by atoms with E-state index in [2.05, 4.69) is 41.5 Å². The second-order valence-corrected chi connectivity index (χ2v) is 10.0. The van der Waals surface area contributed by atoms with Gasteiger partial charge in [0, 0.05) is 34.2 Å². The molecule has 1 heterocycles. The number of nitrogens with one attached hydrogen (secondary N) is 2. The van der Waals surface area contributed by atoms with Gasteiger partial charge in [0.05, 0.1) is 30.6 Å². The second-order valence-electron chi connectivity index (χ2n) is 9.58. The Morgan fingerprint density at radius 3 is 2.51 bits per heavy atom. The van der Waals surface area contributed by atoms with Crippen LogP contribution in [0.15, 0.2) is 42.5 Å². The van der Waals surface area contributed by atoms with Crippen molar-refractivity contribution in [1.82, 2.24) is 9.47 Å². The van der Waals surface area contributed by atoms with E-state index in [0.29, 0.717) is 39.8 Å². The molecule has 37 heavy (non-hydrogen) atoms. The summed E-state index contributed by atoms with van der Waals surface area (Å²) in [6.07, 6.45) is -0.134. The van der Waals surface area contributed by atoms with E-state index < -0.39 is 12.7 Å². The molecule has 4 rings (SSSR count). The molecule has 3 aromatic rings. The molecule has 5 nitrogen and oxygen atoms in total. The lowest BCUT2D eigenvalue weighted by atomic mass is 9.90. The number of alkyl halides is 3. The fourth-order valence-electron chi connectivity index (χ4n) is 4.91. The monoisotopic (exact) mass is 532 g/mol. The number of benzene rings is 2. The van der Waals surface area contributed by atoms with Crippen LogP contribution < -0.4 is 15.4 Å². The molecule has 0 bridgehead atoms. The number of rotatable bonds is 7. The highest BCUT2D eigenvalue weighted by Gasteiger charge is 2.30. The Morgan fingerprint density at radius 1 is 1.08 bits per heavy atom. The van der Waals surface area contributed by atoms with Crippen molar-refractivity contribution in [1.29, 1.82) is 0 Å². The summed E-state index contributed by atoms with van der Waals surface area (Å²) < 4.78 is 47.1. The minimum absolute atomic E-state index is 0.228. The first-order chi connectivity index (χ1) is 17.6. The molecule has 0 unspecified atom stereocenters. The summed E-state index contributed by atoms with van der Waals surface area (Å²) in [6.45, 7) is -0.873. The van der Waals surface area contributed by atoms with Crippen molar-refractivity contribution in [2.24, 2.45) is 0 Å². The van der Waals surface area contributed by atoms with Crippen molar-refractivity contribution in [2.45, 2.75) is 50.5 Å². The molecular formula is C28H32ClF3N4O. The third-order valence-electron chi connectivity index (χ3n) is 6.82. The molecule has 1 aliphatic carbocycles. The molecule has 2 N–H and O–H groups in total. The smallest absolute Gasteiger partial charge is 0.406 e. The zero-order valence-corrected chi connectivity index (χ0v) is 22.0. The first-order valence-corrected chi connectivity index (χ1v) is 12.7. The van der Waals surface area contributed by atoms with Gasteiger partial charge >= 0.3 is 6.18 Å². The van der Waals surface area contributed by atoms with Gasteiger partial charge in [0.15, 0.2) is 0 Å². The Balaban J connectivity index is 1.57. The number of nitrogens with zero attached hydrogens (tertiary/aromatic N) is 2. The van der Waals surface area contributed by atoms with Crippen LogP contribution in [0.2, 0.25) is 5.02 Å². The fraction of sp³-hybridized carbons (Fsp3) is 0.429. The van der Waals surface area contributed by atoms with Gasteiger partial charge in [-0.15, -0.1) is 0 Å². The number of fused-ring (bicyclic) bond motifs is 1. The summed E-state index contributed by atoms with van der Waals surface area (Å²) in [5.41, 5.74) is 2.38. The van der Waals surface area contributed by atoms with Crippen molar-refractivity contribution < 1.29 is 17.9 Å². The Labute approximate surface area is 220 Å². The number of halogens is 4. The summed E-state index contributed by atoms with van der Waals surface area (Å²) in [5.74, 6) is 6.47. The van der Waals surface area contributed by atoms with Crippen molar-refractivity contribution in [3.8, 4) is 17.6 Å². The highest BCUT2D eigenvalue weighted by Crippen LogP contribution is 2.32. The van der Waals surface area contributed by atoms with E-state index in [1.54, 1.807) is 36.4 Å². The highest BCUT2D eigenvalue weighted by molar-refractivity contribution is 6.30. The largest absolute Gasteiger partial charge is 0.495 e. The molecule has 1 fully saturated rings. The first kappa shape index (κ1) is 27.0. The maximum atomic E-state index is 13.5. The lowest BCUT2D eigenvalue weighted by Crippen LogP contribution is -2.36. The maximum Gasteiger partial charge on any atom is 0.406 e. The van der Waals surface area contributed by atoms with E-state index in [0.717, 1.165) is 36.8 Å². The van der Waals surface area contributed by atoms with Gasteiger partial charge in [-0.25, -0.2) is 0 Å². The topological polar surface area (TPSA) is 41.5 Å². The molecule has 0 amide bonds. The predicted molar refractivity (Wildman–Crippen MR) is 145 cm³/mol. The molecular weight excluding hydrogens is 501 g/mol. The molecule has 2 aromatic carbocycles. The van der Waals surface area contributed by atoms with Crippen molar-refractivity contribution >= 4 is 33.9 Å². The van der Waals surface area contributed by atoms with E-state index in [9.17, 15) is 13.2 Å². The second kappa shape index (κ2) is 11.6. The maximum absolute atomic E-state index is 13.5. The number of aromatic nitrogens is 1. The van der Waals surface area contributed by atoms with Gasteiger partial charge in [-0.3, -0.25) is 0 Å². The summed E-state index contributed by atoms with van der Waals surface area (Å²) >= 11 is 6.00. The van der Waals surface area contributed by atoms with Crippen LogP contribution in [-0.4, -0.2) is 55.5 Å². The van der Waals surface area contributed by atoms with E-state index >= 15 is 0 Å². The highest BCUT2D eigenvalue weighted by atomic mass is 35.5. The van der Waals surface area contributed by atoms with Crippen LogP contribution in [0.3, 0.4) is 0 Å². The van der Waals surface area contributed by atoms with Gasteiger partial charge < -0.3 is 24.8 Å². The SMILES string of the molecule is COc1cc(Cl)ccc1NCC#Cc1cc2c(N[C@H]3CC[C@@H](N(C)C)CC3)cccc2n1CC(F)(F)F. The van der Waals surface area contributed by atoms with Gasteiger partial charge in [-0.1, -0.05) is 23.6 Å². The molecule has 1 aliphatic rings. The summed E-state index contributed by atoms with van der Waals surface area (Å²) in [5, 5.41) is 8.02. The normalized spacial score (nSPS) is 17.9. The fourth-order valence-corrected chi connectivity index (χ4v) is 5.07. The number of hydrogen-bond acceptors (Lipinski definition) is 4. The molecule has 1 saturated carbocycles. The van der Waals surface area contributed by atoms with Crippen LogP contribution in [0, 0.1) is 11.8 Å². The molecule has 0 saturated heterocycles. The molecule has 0 atom stereocenters. The first-order valence-electron chi connectivity index (χ1n) is 12.3. The van der Waals surface area contributed by atoms with Crippen LogP contribution >= 0.6 is 11.6 Å². The van der Waals surface area contributed by atoms with E-state index in [-0.39, 0.29) is 6.54 Å². The van der Waals surface area contributed by atoms with Crippen LogP contribution in [0.5, 0.6) is 5.75 Å². The summed E-state index contributed by atoms with van der Waals surface area (Å²) in [4.78, 5) is 2.26. The third-order valence-corrected chi connectivity index (χ3v) is 7.05. The van der Waals surface area contributed by atoms with Crippen LogP contribution in [0.25, 0.3) is 10.9 Å². The minimum atomic E-state index is -4.37. The molecule has 0 radical (unpaired) electrons. The van der Waals surface area contributed by atoms with Crippen LogP contribution in [0.1, 0.15) is 31.4 Å². The van der Waals surface area contributed by atoms with Gasteiger partial charge in [-0.05, 0) is 76.0 Å². The summed E-state index contributed by atoms with van der Waals surface area (Å²) in [7, 11) is 5.75. The Hall–Kier alpha value is -3.02. The van der Waals surface area contributed by atoms with Gasteiger partial charge in [-0.2, -0.15) is 13.2 Å². The van der Waals surface area contributed by atoms with Crippen LogP contribution in [-0.2, 0) is 6.54 Å². The van der Waals surface area contributed by atoms with Gasteiger partial charge in [0.2, 0.25) is 0 Å². The Kier molecular flexibility index (Phi) is 8.46. The number of anilines is 2. The minimum Gasteiger partial charge on any atom is -0.495 e. The zero-order valence-electron chi connectivity index (χ0n) is 21.3. The molecule has 9 heteroatoms. The third kappa shape index (κ3) is 6.85. The van der Waals surface area contributed by atoms with Crippen molar-refractivity contribution in [3.05, 3.63) is 53.2 Å². The zero-order chi connectivity index (χ0) is 26.6. The standard InChI is InChI=1S/C28H32ClF3N4O/c1-35(2)21-12-10-20(11-13-21)34-24-7-4-8-26-23(24)17-22(36(26)18-28(30,31)32)6-5-15-33-25-14-9-19(29)16-27(25)37-3/h4,7-9,14,16-17,20-21,33-34H,10-13,15,18H2,1-3H3/t20-,21+. The molecule has 198 valence electrons. The van der Waals surface area contributed by atoms with Crippen LogP contribution in [0.4, 0.5) is 24.5 Å². The van der Waals surface area contributed by atoms with E-state index in [1.165, 1.54) is 11.7 Å². The Bertz CT molecular complexity index is 1280. The van der Waals surface area contributed by atoms with Gasteiger partial charge in [0.1, 0.15) is 12.3 Å². The van der Waals surface area contributed by atoms with Crippen molar-refractivity contribution in [2.75, 3.05) is 38.4 Å². The molecule has 1 aromatic heterocycles. The predicted octanol–water partition coefficient (Wildman–Crippen LogP) is 6.61. The number of ether oxygens (including phenoxy) is 1. The number of methoxy groups -OCH3 is 1. The lowest BCUT2D eigenvalue weighted by molar-refractivity contribution is -0.140.